The Labute approximate surface area is 227 Å². The number of carbonyl (C=O) groups excluding carboxylic acids is 2. The number of aliphatic imine (C=N–C) groups is 1. The van der Waals surface area contributed by atoms with Crippen LogP contribution in [0.2, 0.25) is 0 Å². The van der Waals surface area contributed by atoms with Crippen LogP contribution in [0.25, 0.3) is 5.70 Å². The standard InChI is InChI=1S/C29H33N3O5S/c1-6-18(3)30-24(33)15-20-17-38-29-31-26(19-11-9-8-10-12-19)25(28(34)37-7-2)27(32(20)29)22-16-21(35-4)13-14-23(22)36-5/h8-14,16-18,27H,6-7,15H2,1-5H3,(H,30,33)/t18-,27-/m1/s1. The van der Waals surface area contributed by atoms with Crippen molar-refractivity contribution in [3.63, 3.8) is 0 Å². The van der Waals surface area contributed by atoms with E-state index in [0.29, 0.717) is 33.5 Å². The molecule has 38 heavy (non-hydrogen) atoms. The van der Waals surface area contributed by atoms with Crippen molar-refractivity contribution in [2.75, 3.05) is 20.8 Å². The van der Waals surface area contributed by atoms with E-state index in [0.717, 1.165) is 17.7 Å². The average Bonchev–Trinajstić information content (AvgIpc) is 3.34. The Kier molecular flexibility index (Phi) is 8.78. The highest BCUT2D eigenvalue weighted by atomic mass is 32.2. The quantitative estimate of drug-likeness (QED) is 0.414. The number of esters is 1. The lowest BCUT2D eigenvalue weighted by molar-refractivity contribution is -0.139. The highest BCUT2D eigenvalue weighted by molar-refractivity contribution is 8.16. The molecule has 0 fully saturated rings. The van der Waals surface area contributed by atoms with Crippen LogP contribution >= 0.6 is 11.8 Å². The molecule has 2 aliphatic heterocycles. The Hall–Kier alpha value is -3.72. The minimum atomic E-state index is -0.667. The number of nitrogens with one attached hydrogen (secondary N) is 1. The number of amides is 1. The molecule has 0 saturated heterocycles. The third kappa shape index (κ3) is 5.57. The van der Waals surface area contributed by atoms with Crippen LogP contribution in [-0.2, 0) is 14.3 Å². The number of carbonyl (C=O) groups is 2. The summed E-state index contributed by atoms with van der Waals surface area (Å²) in [6.07, 6.45) is 0.964. The van der Waals surface area contributed by atoms with Crippen LogP contribution in [0.1, 0.15) is 50.8 Å². The minimum Gasteiger partial charge on any atom is -0.497 e. The van der Waals surface area contributed by atoms with Gasteiger partial charge in [0.2, 0.25) is 5.91 Å². The zero-order chi connectivity index (χ0) is 27.2. The van der Waals surface area contributed by atoms with E-state index in [2.05, 4.69) is 5.32 Å². The maximum atomic E-state index is 13.7. The Morgan fingerprint density at radius 2 is 1.87 bits per heavy atom. The summed E-state index contributed by atoms with van der Waals surface area (Å²) in [4.78, 5) is 33.5. The van der Waals surface area contributed by atoms with Gasteiger partial charge in [-0.2, -0.15) is 0 Å². The Bertz CT molecular complexity index is 1290. The minimum absolute atomic E-state index is 0.0561. The van der Waals surface area contributed by atoms with E-state index >= 15 is 0 Å². The molecule has 0 saturated carbocycles. The topological polar surface area (TPSA) is 89.5 Å². The van der Waals surface area contributed by atoms with Gasteiger partial charge in [0.05, 0.1) is 44.6 Å². The number of rotatable bonds is 10. The lowest BCUT2D eigenvalue weighted by atomic mass is 9.90. The molecule has 9 heteroatoms. The monoisotopic (exact) mass is 535 g/mol. The molecular weight excluding hydrogens is 502 g/mol. The van der Waals surface area contributed by atoms with Gasteiger partial charge in [-0.05, 0) is 43.9 Å². The summed E-state index contributed by atoms with van der Waals surface area (Å²) in [6.45, 7) is 5.98. The van der Waals surface area contributed by atoms with Gasteiger partial charge >= 0.3 is 5.97 Å². The molecule has 0 radical (unpaired) electrons. The number of hydrogen-bond donors (Lipinski definition) is 1. The molecule has 4 rings (SSSR count). The molecule has 2 atom stereocenters. The first-order chi connectivity index (χ1) is 18.4. The molecule has 0 aliphatic carbocycles. The van der Waals surface area contributed by atoms with Crippen molar-refractivity contribution < 1.29 is 23.8 Å². The van der Waals surface area contributed by atoms with Crippen molar-refractivity contribution in [2.45, 2.75) is 45.7 Å². The molecule has 2 aliphatic rings. The van der Waals surface area contributed by atoms with Crippen molar-refractivity contribution in [3.05, 3.63) is 76.3 Å². The van der Waals surface area contributed by atoms with E-state index in [9.17, 15) is 9.59 Å². The summed E-state index contributed by atoms with van der Waals surface area (Å²) in [5, 5.41) is 5.62. The molecule has 0 bridgehead atoms. The Morgan fingerprint density at radius 1 is 1.11 bits per heavy atom. The van der Waals surface area contributed by atoms with Gasteiger partial charge in [-0.1, -0.05) is 49.0 Å². The third-order valence-corrected chi connectivity index (χ3v) is 7.33. The van der Waals surface area contributed by atoms with Gasteiger partial charge < -0.3 is 24.4 Å². The summed E-state index contributed by atoms with van der Waals surface area (Å²) in [6, 6.07) is 14.4. The number of thioether (sulfide) groups is 1. The molecule has 200 valence electrons. The third-order valence-electron chi connectivity index (χ3n) is 6.45. The maximum Gasteiger partial charge on any atom is 0.338 e. The molecule has 0 aromatic heterocycles. The predicted molar refractivity (Wildman–Crippen MR) is 150 cm³/mol. The number of amidine groups is 1. The van der Waals surface area contributed by atoms with Crippen molar-refractivity contribution in [2.24, 2.45) is 4.99 Å². The van der Waals surface area contributed by atoms with Gasteiger partial charge in [0, 0.05) is 22.9 Å². The second kappa shape index (κ2) is 12.2. The number of benzene rings is 2. The smallest absolute Gasteiger partial charge is 0.338 e. The number of nitrogens with zero attached hydrogens (tertiary/aromatic N) is 2. The van der Waals surface area contributed by atoms with Gasteiger partial charge in [0.25, 0.3) is 0 Å². The fourth-order valence-corrected chi connectivity index (χ4v) is 5.35. The van der Waals surface area contributed by atoms with Gasteiger partial charge in [-0.3, -0.25) is 4.79 Å². The normalized spacial score (nSPS) is 17.3. The van der Waals surface area contributed by atoms with Crippen molar-refractivity contribution in [1.82, 2.24) is 10.2 Å². The fraction of sp³-hybridized carbons (Fsp3) is 0.345. The molecule has 2 heterocycles. The van der Waals surface area contributed by atoms with Crippen LogP contribution in [0.3, 0.4) is 0 Å². The van der Waals surface area contributed by atoms with E-state index in [1.165, 1.54) is 11.8 Å². The predicted octanol–water partition coefficient (Wildman–Crippen LogP) is 5.28. The van der Waals surface area contributed by atoms with E-state index in [4.69, 9.17) is 19.2 Å². The number of fused-ring (bicyclic) bond motifs is 1. The Morgan fingerprint density at radius 3 is 2.53 bits per heavy atom. The molecule has 1 amide bonds. The van der Waals surface area contributed by atoms with Gasteiger partial charge in [0.15, 0.2) is 5.17 Å². The molecule has 0 spiro atoms. The molecule has 1 N–H and O–H groups in total. The van der Waals surface area contributed by atoms with Crippen molar-refractivity contribution in [3.8, 4) is 11.5 Å². The van der Waals surface area contributed by atoms with Gasteiger partial charge in [0.1, 0.15) is 11.5 Å². The van der Waals surface area contributed by atoms with Crippen LogP contribution in [0.5, 0.6) is 11.5 Å². The second-order valence-electron chi connectivity index (χ2n) is 8.90. The number of hydrogen-bond acceptors (Lipinski definition) is 8. The lowest BCUT2D eigenvalue weighted by Gasteiger charge is -2.37. The SMILES string of the molecule is CCOC(=O)C1=C(c2ccccc2)N=C2SC=C(CC(=O)N[C@H](C)CC)N2[C@@H]1c1cc(OC)ccc1OC. The van der Waals surface area contributed by atoms with Crippen LogP contribution in [0.4, 0.5) is 0 Å². The molecule has 0 unspecified atom stereocenters. The number of methoxy groups -OCH3 is 2. The van der Waals surface area contributed by atoms with Crippen LogP contribution in [0, 0.1) is 0 Å². The summed E-state index contributed by atoms with van der Waals surface area (Å²) in [5.74, 6) is 0.608. The van der Waals surface area contributed by atoms with Crippen LogP contribution in [-0.4, -0.2) is 48.8 Å². The van der Waals surface area contributed by atoms with Crippen LogP contribution in [0.15, 0.2) is 70.2 Å². The molecule has 8 nitrogen and oxygen atoms in total. The van der Waals surface area contributed by atoms with Crippen LogP contribution < -0.4 is 14.8 Å². The highest BCUT2D eigenvalue weighted by Crippen LogP contribution is 2.49. The molecular formula is C29H33N3O5S. The summed E-state index contributed by atoms with van der Waals surface area (Å²) < 4.78 is 16.9. The highest BCUT2D eigenvalue weighted by Gasteiger charge is 2.43. The zero-order valence-corrected chi connectivity index (χ0v) is 23.1. The van der Waals surface area contributed by atoms with E-state index < -0.39 is 12.0 Å². The lowest BCUT2D eigenvalue weighted by Crippen LogP contribution is -2.39. The largest absolute Gasteiger partial charge is 0.497 e. The second-order valence-corrected chi connectivity index (χ2v) is 9.74. The van der Waals surface area contributed by atoms with E-state index in [1.54, 1.807) is 27.2 Å². The average molecular weight is 536 g/mol. The van der Waals surface area contributed by atoms with Crippen molar-refractivity contribution in [1.29, 1.82) is 0 Å². The molecule has 2 aromatic carbocycles. The first-order valence-corrected chi connectivity index (χ1v) is 13.5. The first kappa shape index (κ1) is 27.3. The summed E-state index contributed by atoms with van der Waals surface area (Å²) >= 11 is 1.42. The van der Waals surface area contributed by atoms with E-state index in [-0.39, 0.29) is 25.0 Å². The van der Waals surface area contributed by atoms with E-state index in [1.807, 2.05) is 66.6 Å². The maximum absolute atomic E-state index is 13.7. The molecule has 2 aromatic rings. The van der Waals surface area contributed by atoms with Crippen molar-refractivity contribution >= 4 is 34.5 Å². The summed E-state index contributed by atoms with van der Waals surface area (Å²) in [5.41, 5.74) is 3.11. The van der Waals surface area contributed by atoms with Gasteiger partial charge in [-0.25, -0.2) is 9.79 Å². The first-order valence-electron chi connectivity index (χ1n) is 12.6. The number of ether oxygens (including phenoxy) is 3. The Balaban J connectivity index is 1.92. The summed E-state index contributed by atoms with van der Waals surface area (Å²) in [7, 11) is 3.18. The zero-order valence-electron chi connectivity index (χ0n) is 22.3. The fourth-order valence-electron chi connectivity index (χ4n) is 4.43. The van der Waals surface area contributed by atoms with Gasteiger partial charge in [-0.15, -0.1) is 0 Å².